The minimum Gasteiger partial charge on any atom is -0.356 e. The van der Waals surface area contributed by atoms with Gasteiger partial charge in [0.25, 0.3) is 11.5 Å². The molecule has 168 valence electrons. The highest BCUT2D eigenvalue weighted by Crippen LogP contribution is 2.21. The van der Waals surface area contributed by atoms with E-state index in [0.29, 0.717) is 23.8 Å². The number of pyridine rings is 1. The van der Waals surface area contributed by atoms with Crippen LogP contribution in [0.15, 0.2) is 64.5 Å². The van der Waals surface area contributed by atoms with E-state index in [0.717, 1.165) is 17.1 Å². The maximum absolute atomic E-state index is 12.8. The number of nitrogens with one attached hydrogen (secondary N) is 2. The summed E-state index contributed by atoms with van der Waals surface area (Å²) >= 11 is 7.90. The normalized spacial score (nSPS) is 14.9. The molecule has 2 aromatic heterocycles. The Balaban J connectivity index is 1.50. The number of aromatic nitrogens is 2. The van der Waals surface area contributed by atoms with Gasteiger partial charge < -0.3 is 14.9 Å². The van der Waals surface area contributed by atoms with Crippen molar-refractivity contribution in [1.29, 1.82) is 0 Å². The highest BCUT2D eigenvalue weighted by molar-refractivity contribution is 7.99. The van der Waals surface area contributed by atoms with Crippen molar-refractivity contribution >= 4 is 45.0 Å². The van der Waals surface area contributed by atoms with E-state index in [-0.39, 0.29) is 22.7 Å². The molecule has 1 saturated heterocycles. The monoisotopic (exact) mass is 492 g/mol. The van der Waals surface area contributed by atoms with Crippen LogP contribution in [-0.4, -0.2) is 52.8 Å². The molecule has 1 aliphatic rings. The molecule has 0 aliphatic carbocycles. The van der Waals surface area contributed by atoms with Crippen molar-refractivity contribution in [3.05, 3.63) is 81.5 Å². The number of halogens is 1. The Kier molecular flexibility index (Phi) is 6.75. The molecule has 2 N–H and O–H groups in total. The molecule has 8 nitrogen and oxygen atoms in total. The van der Waals surface area contributed by atoms with Gasteiger partial charge in [0.2, 0.25) is 10.0 Å². The molecule has 11 heteroatoms. The molecule has 3 heterocycles. The maximum Gasteiger partial charge on any atom is 0.272 e. The number of hydrogen-bond acceptors (Lipinski definition) is 5. The summed E-state index contributed by atoms with van der Waals surface area (Å²) in [6, 6.07) is 11.4. The summed E-state index contributed by atoms with van der Waals surface area (Å²) in [7, 11) is -3.65. The number of carbonyl (C=O) groups excluding carboxylic acids is 1. The predicted molar refractivity (Wildman–Crippen MR) is 126 cm³/mol. The number of rotatable bonds is 6. The SMILES string of the molecule is O=C(Nc1ccc(=O)n(Cc2ccccc2Cl)c1)c1cc(S(=O)(=O)N2CCSCC2)c[nH]1. The van der Waals surface area contributed by atoms with Crippen LogP contribution >= 0.6 is 23.4 Å². The molecule has 0 radical (unpaired) electrons. The van der Waals surface area contributed by atoms with Gasteiger partial charge in [0.15, 0.2) is 0 Å². The number of sulfonamides is 1. The highest BCUT2D eigenvalue weighted by atomic mass is 35.5. The van der Waals surface area contributed by atoms with Gasteiger partial charge >= 0.3 is 0 Å². The van der Waals surface area contributed by atoms with Gasteiger partial charge in [-0.05, 0) is 23.8 Å². The van der Waals surface area contributed by atoms with Gasteiger partial charge in [-0.2, -0.15) is 16.1 Å². The van der Waals surface area contributed by atoms with Crippen LogP contribution < -0.4 is 10.9 Å². The molecule has 4 rings (SSSR count). The molecule has 1 fully saturated rings. The summed E-state index contributed by atoms with van der Waals surface area (Å²) in [4.78, 5) is 27.7. The zero-order chi connectivity index (χ0) is 22.7. The molecule has 0 unspecified atom stereocenters. The Morgan fingerprint density at radius 1 is 1.16 bits per heavy atom. The molecule has 0 atom stereocenters. The number of nitrogens with zero attached hydrogens (tertiary/aromatic N) is 2. The second-order valence-electron chi connectivity index (χ2n) is 7.19. The van der Waals surface area contributed by atoms with Gasteiger partial charge in [-0.3, -0.25) is 9.59 Å². The zero-order valence-electron chi connectivity index (χ0n) is 17.0. The smallest absolute Gasteiger partial charge is 0.272 e. The minimum absolute atomic E-state index is 0.0539. The number of carbonyl (C=O) groups is 1. The molecule has 0 spiro atoms. The molecule has 1 aromatic carbocycles. The standard InChI is InChI=1S/C21H21ClN4O4S2/c22-18-4-2-1-3-15(18)13-25-14-16(5-6-20(25)27)24-21(28)19-11-17(12-23-19)32(29,30)26-7-9-31-10-8-26/h1-6,11-12,14,23H,7-10,13H2,(H,24,28). The Hall–Kier alpha value is -2.53. The number of H-pyrrole nitrogens is 1. The number of benzene rings is 1. The van der Waals surface area contributed by atoms with E-state index in [1.807, 2.05) is 12.1 Å². The van der Waals surface area contributed by atoms with Gasteiger partial charge in [0.1, 0.15) is 10.6 Å². The summed E-state index contributed by atoms with van der Waals surface area (Å²) in [6.45, 7) is 1.15. The number of hydrogen-bond donors (Lipinski definition) is 2. The maximum atomic E-state index is 12.8. The average molecular weight is 493 g/mol. The predicted octanol–water partition coefficient (Wildman–Crippen LogP) is 2.87. The van der Waals surface area contributed by atoms with Crippen molar-refractivity contribution in [2.45, 2.75) is 11.4 Å². The number of aromatic amines is 1. The van der Waals surface area contributed by atoms with Crippen LogP contribution in [0.5, 0.6) is 0 Å². The van der Waals surface area contributed by atoms with Crippen molar-refractivity contribution in [3.8, 4) is 0 Å². The summed E-state index contributed by atoms with van der Waals surface area (Å²) in [5.41, 5.74) is 1.04. The van der Waals surface area contributed by atoms with Crippen LogP contribution in [0.3, 0.4) is 0 Å². The van der Waals surface area contributed by atoms with Crippen LogP contribution in [0, 0.1) is 0 Å². The van der Waals surface area contributed by atoms with Gasteiger partial charge in [0.05, 0.1) is 12.2 Å². The summed E-state index contributed by atoms with van der Waals surface area (Å²) in [6.07, 6.45) is 2.85. The van der Waals surface area contributed by atoms with Crippen molar-refractivity contribution in [3.63, 3.8) is 0 Å². The molecule has 0 bridgehead atoms. The summed E-state index contributed by atoms with van der Waals surface area (Å²) in [5, 5.41) is 3.24. The fourth-order valence-corrected chi connectivity index (χ4v) is 6.09. The van der Waals surface area contributed by atoms with Crippen LogP contribution in [-0.2, 0) is 16.6 Å². The minimum atomic E-state index is -3.65. The fourth-order valence-electron chi connectivity index (χ4n) is 3.33. The Morgan fingerprint density at radius 2 is 1.91 bits per heavy atom. The van der Waals surface area contributed by atoms with E-state index in [4.69, 9.17) is 11.6 Å². The van der Waals surface area contributed by atoms with E-state index < -0.39 is 15.9 Å². The van der Waals surface area contributed by atoms with Gasteiger partial charge in [-0.25, -0.2) is 8.42 Å². The van der Waals surface area contributed by atoms with Crippen LogP contribution in [0.1, 0.15) is 16.1 Å². The van der Waals surface area contributed by atoms with Gasteiger partial charge in [-0.1, -0.05) is 29.8 Å². The number of thioether (sulfide) groups is 1. The Labute approximate surface area is 194 Å². The topological polar surface area (TPSA) is 104 Å². The first-order chi connectivity index (χ1) is 15.3. The second kappa shape index (κ2) is 9.53. The second-order valence-corrected chi connectivity index (χ2v) is 10.8. The third kappa shape index (κ3) is 4.93. The molecule has 1 aliphatic heterocycles. The van der Waals surface area contributed by atoms with E-state index in [1.165, 1.54) is 39.5 Å². The summed E-state index contributed by atoms with van der Waals surface area (Å²) < 4.78 is 28.4. The molecular weight excluding hydrogens is 472 g/mol. The lowest BCUT2D eigenvalue weighted by molar-refractivity contribution is 0.102. The van der Waals surface area contributed by atoms with E-state index in [2.05, 4.69) is 10.3 Å². The zero-order valence-corrected chi connectivity index (χ0v) is 19.3. The quantitative estimate of drug-likeness (QED) is 0.550. The first-order valence-electron chi connectivity index (χ1n) is 9.86. The Bertz CT molecular complexity index is 1300. The lowest BCUT2D eigenvalue weighted by atomic mass is 10.2. The third-order valence-corrected chi connectivity index (χ3v) is 8.24. The van der Waals surface area contributed by atoms with E-state index >= 15 is 0 Å². The van der Waals surface area contributed by atoms with Crippen molar-refractivity contribution in [2.75, 3.05) is 29.9 Å². The molecule has 1 amide bonds. The van der Waals surface area contributed by atoms with Crippen LogP contribution in [0.4, 0.5) is 5.69 Å². The van der Waals surface area contributed by atoms with Gasteiger partial charge in [-0.15, -0.1) is 0 Å². The molecule has 0 saturated carbocycles. The number of amides is 1. The van der Waals surface area contributed by atoms with Crippen molar-refractivity contribution in [1.82, 2.24) is 13.9 Å². The number of anilines is 1. The van der Waals surface area contributed by atoms with Crippen molar-refractivity contribution in [2.24, 2.45) is 0 Å². The molecule has 3 aromatic rings. The Morgan fingerprint density at radius 3 is 2.66 bits per heavy atom. The van der Waals surface area contributed by atoms with Gasteiger partial charge in [0, 0.05) is 48.1 Å². The van der Waals surface area contributed by atoms with E-state index in [9.17, 15) is 18.0 Å². The largest absolute Gasteiger partial charge is 0.356 e. The first kappa shape index (κ1) is 22.7. The fraction of sp³-hybridized carbons (Fsp3) is 0.238. The van der Waals surface area contributed by atoms with Crippen molar-refractivity contribution < 1.29 is 13.2 Å². The highest BCUT2D eigenvalue weighted by Gasteiger charge is 2.27. The lowest BCUT2D eigenvalue weighted by Gasteiger charge is -2.24. The molecule has 32 heavy (non-hydrogen) atoms. The third-order valence-electron chi connectivity index (χ3n) is 5.05. The summed E-state index contributed by atoms with van der Waals surface area (Å²) in [5.74, 6) is 0.991. The lowest BCUT2D eigenvalue weighted by Crippen LogP contribution is -2.37. The average Bonchev–Trinajstić information content (AvgIpc) is 3.30. The van der Waals surface area contributed by atoms with Crippen LogP contribution in [0.2, 0.25) is 5.02 Å². The van der Waals surface area contributed by atoms with E-state index in [1.54, 1.807) is 23.9 Å². The van der Waals surface area contributed by atoms with Crippen LogP contribution in [0.25, 0.3) is 0 Å². The molecular formula is C21H21ClN4O4S2. The first-order valence-corrected chi connectivity index (χ1v) is 12.8.